The summed E-state index contributed by atoms with van der Waals surface area (Å²) in [6.07, 6.45) is 0.825. The molecule has 1 aromatic rings. The van der Waals surface area contributed by atoms with Crippen molar-refractivity contribution in [1.29, 1.82) is 0 Å². The molecular formula is C14H22N2O2. The first-order valence-electron chi connectivity index (χ1n) is 6.15. The van der Waals surface area contributed by atoms with Gasteiger partial charge in [-0.3, -0.25) is 4.79 Å². The molecule has 0 aromatic heterocycles. The molecule has 0 aliphatic heterocycles. The standard InChI is InChI=1S/C14H22N2O2/c1-10(15-11(2)14(18)16(3)4)9-12-5-7-13(17)8-6-12/h5-8,10-11,15,17H,9H2,1-4H3. The number of carbonyl (C=O) groups is 1. The fraction of sp³-hybridized carbons (Fsp3) is 0.500. The maximum absolute atomic E-state index is 11.7. The zero-order valence-electron chi connectivity index (χ0n) is 11.5. The van der Waals surface area contributed by atoms with Crippen LogP contribution in [0, 0.1) is 0 Å². The summed E-state index contributed by atoms with van der Waals surface area (Å²) in [5.74, 6) is 0.350. The van der Waals surface area contributed by atoms with Crippen LogP contribution in [0.1, 0.15) is 19.4 Å². The second-order valence-electron chi connectivity index (χ2n) is 4.89. The van der Waals surface area contributed by atoms with Crippen molar-refractivity contribution in [3.63, 3.8) is 0 Å². The van der Waals surface area contributed by atoms with Crippen LogP contribution in [0.15, 0.2) is 24.3 Å². The first-order valence-corrected chi connectivity index (χ1v) is 6.15. The molecule has 0 fully saturated rings. The Balaban J connectivity index is 2.48. The number of hydrogen-bond acceptors (Lipinski definition) is 3. The van der Waals surface area contributed by atoms with E-state index in [1.165, 1.54) is 0 Å². The van der Waals surface area contributed by atoms with Crippen molar-refractivity contribution in [2.45, 2.75) is 32.4 Å². The van der Waals surface area contributed by atoms with Crippen molar-refractivity contribution in [2.75, 3.05) is 14.1 Å². The monoisotopic (exact) mass is 250 g/mol. The van der Waals surface area contributed by atoms with Crippen LogP contribution >= 0.6 is 0 Å². The highest BCUT2D eigenvalue weighted by molar-refractivity contribution is 5.80. The molecule has 100 valence electrons. The number of likely N-dealkylation sites (N-methyl/N-ethyl adjacent to an activating group) is 1. The number of benzene rings is 1. The number of hydrogen-bond donors (Lipinski definition) is 2. The van der Waals surface area contributed by atoms with E-state index in [2.05, 4.69) is 5.32 Å². The molecule has 2 N–H and O–H groups in total. The van der Waals surface area contributed by atoms with Gasteiger partial charge in [-0.25, -0.2) is 0 Å². The van der Waals surface area contributed by atoms with E-state index >= 15 is 0 Å². The highest BCUT2D eigenvalue weighted by atomic mass is 16.3. The third-order valence-electron chi connectivity index (χ3n) is 2.82. The van der Waals surface area contributed by atoms with Crippen molar-refractivity contribution in [1.82, 2.24) is 10.2 Å². The lowest BCUT2D eigenvalue weighted by Crippen LogP contribution is -2.45. The van der Waals surface area contributed by atoms with E-state index in [4.69, 9.17) is 0 Å². The number of phenolic OH excluding ortho intramolecular Hbond substituents is 1. The van der Waals surface area contributed by atoms with Crippen LogP contribution in [-0.4, -0.2) is 42.1 Å². The fourth-order valence-electron chi connectivity index (χ4n) is 1.93. The van der Waals surface area contributed by atoms with Gasteiger partial charge in [0.15, 0.2) is 0 Å². The number of amides is 1. The van der Waals surface area contributed by atoms with Gasteiger partial charge in [-0.1, -0.05) is 12.1 Å². The van der Waals surface area contributed by atoms with Crippen molar-refractivity contribution in [3.8, 4) is 5.75 Å². The van der Waals surface area contributed by atoms with Crippen molar-refractivity contribution in [3.05, 3.63) is 29.8 Å². The second-order valence-corrected chi connectivity index (χ2v) is 4.89. The molecule has 0 aliphatic carbocycles. The van der Waals surface area contributed by atoms with Crippen LogP contribution in [0.2, 0.25) is 0 Å². The summed E-state index contributed by atoms with van der Waals surface area (Å²) in [4.78, 5) is 13.3. The minimum absolute atomic E-state index is 0.0764. The average Bonchev–Trinajstić information content (AvgIpc) is 2.30. The molecule has 0 heterocycles. The van der Waals surface area contributed by atoms with Crippen LogP contribution in [0.25, 0.3) is 0 Å². The molecule has 0 bridgehead atoms. The molecule has 4 heteroatoms. The van der Waals surface area contributed by atoms with Gasteiger partial charge in [-0.15, -0.1) is 0 Å². The lowest BCUT2D eigenvalue weighted by molar-refractivity contribution is -0.130. The summed E-state index contributed by atoms with van der Waals surface area (Å²) in [6, 6.07) is 7.16. The third kappa shape index (κ3) is 4.37. The molecule has 0 saturated carbocycles. The molecule has 18 heavy (non-hydrogen) atoms. The van der Waals surface area contributed by atoms with Gasteiger partial charge in [0.2, 0.25) is 5.91 Å². The molecule has 0 aliphatic rings. The predicted octanol–water partition coefficient (Wildman–Crippen LogP) is 1.39. The number of rotatable bonds is 5. The minimum atomic E-state index is -0.188. The van der Waals surface area contributed by atoms with Crippen LogP contribution in [0.3, 0.4) is 0 Å². The Morgan fingerprint density at radius 1 is 1.28 bits per heavy atom. The van der Waals surface area contributed by atoms with Gasteiger partial charge < -0.3 is 15.3 Å². The highest BCUT2D eigenvalue weighted by Gasteiger charge is 2.16. The van der Waals surface area contributed by atoms with Crippen LogP contribution in [-0.2, 0) is 11.2 Å². The first-order chi connectivity index (χ1) is 8.40. The molecule has 0 spiro atoms. The van der Waals surface area contributed by atoms with Gasteiger partial charge >= 0.3 is 0 Å². The number of carbonyl (C=O) groups excluding carboxylic acids is 1. The lowest BCUT2D eigenvalue weighted by atomic mass is 10.1. The number of phenols is 1. The quantitative estimate of drug-likeness (QED) is 0.830. The van der Waals surface area contributed by atoms with Gasteiger partial charge in [0.05, 0.1) is 6.04 Å². The average molecular weight is 250 g/mol. The van der Waals surface area contributed by atoms with Gasteiger partial charge in [-0.05, 0) is 38.0 Å². The Labute approximate surface area is 109 Å². The summed E-state index contributed by atoms with van der Waals surface area (Å²) in [6.45, 7) is 3.92. The zero-order valence-corrected chi connectivity index (χ0v) is 11.5. The minimum Gasteiger partial charge on any atom is -0.508 e. The van der Waals surface area contributed by atoms with E-state index in [0.29, 0.717) is 0 Å². The first kappa shape index (κ1) is 14.5. The zero-order chi connectivity index (χ0) is 13.7. The molecule has 1 rings (SSSR count). The molecule has 4 nitrogen and oxygen atoms in total. The van der Waals surface area contributed by atoms with E-state index in [-0.39, 0.29) is 23.7 Å². The van der Waals surface area contributed by atoms with E-state index in [9.17, 15) is 9.90 Å². The Hall–Kier alpha value is -1.55. The number of nitrogens with zero attached hydrogens (tertiary/aromatic N) is 1. The Kier molecular flexibility index (Phi) is 5.16. The van der Waals surface area contributed by atoms with Crippen LogP contribution in [0.4, 0.5) is 0 Å². The lowest BCUT2D eigenvalue weighted by Gasteiger charge is -2.22. The molecule has 0 saturated heterocycles. The maximum Gasteiger partial charge on any atom is 0.238 e. The highest BCUT2D eigenvalue weighted by Crippen LogP contribution is 2.11. The molecule has 2 atom stereocenters. The topological polar surface area (TPSA) is 52.6 Å². The Bertz CT molecular complexity index is 387. The summed E-state index contributed by atoms with van der Waals surface area (Å²) in [7, 11) is 3.51. The van der Waals surface area contributed by atoms with E-state index in [1.807, 2.05) is 26.0 Å². The molecule has 1 aromatic carbocycles. The SMILES string of the molecule is CC(Cc1ccc(O)cc1)NC(C)C(=O)N(C)C. The number of aromatic hydroxyl groups is 1. The number of nitrogens with one attached hydrogen (secondary N) is 1. The smallest absolute Gasteiger partial charge is 0.238 e. The van der Waals surface area contributed by atoms with Gasteiger partial charge in [0, 0.05) is 20.1 Å². The molecule has 1 amide bonds. The Morgan fingerprint density at radius 2 is 1.83 bits per heavy atom. The second kappa shape index (κ2) is 6.40. The van der Waals surface area contributed by atoms with Gasteiger partial charge in [0.1, 0.15) is 5.75 Å². The summed E-state index contributed by atoms with van der Waals surface area (Å²) < 4.78 is 0. The summed E-state index contributed by atoms with van der Waals surface area (Å²) in [5.41, 5.74) is 1.14. The fourth-order valence-corrected chi connectivity index (χ4v) is 1.93. The molecular weight excluding hydrogens is 228 g/mol. The van der Waals surface area contributed by atoms with E-state index < -0.39 is 0 Å². The normalized spacial score (nSPS) is 14.0. The van der Waals surface area contributed by atoms with Crippen molar-refractivity contribution in [2.24, 2.45) is 0 Å². The third-order valence-corrected chi connectivity index (χ3v) is 2.82. The maximum atomic E-state index is 11.7. The molecule has 0 radical (unpaired) electrons. The van der Waals surface area contributed by atoms with Crippen molar-refractivity contribution < 1.29 is 9.90 Å². The summed E-state index contributed by atoms with van der Waals surface area (Å²) in [5, 5.41) is 12.5. The summed E-state index contributed by atoms with van der Waals surface area (Å²) >= 11 is 0. The van der Waals surface area contributed by atoms with E-state index in [1.54, 1.807) is 31.1 Å². The Morgan fingerprint density at radius 3 is 2.33 bits per heavy atom. The predicted molar refractivity (Wildman–Crippen MR) is 72.6 cm³/mol. The van der Waals surface area contributed by atoms with Gasteiger partial charge in [0.25, 0.3) is 0 Å². The largest absolute Gasteiger partial charge is 0.508 e. The van der Waals surface area contributed by atoms with Crippen LogP contribution < -0.4 is 5.32 Å². The molecule has 2 unspecified atom stereocenters. The van der Waals surface area contributed by atoms with E-state index in [0.717, 1.165) is 12.0 Å². The van der Waals surface area contributed by atoms with Gasteiger partial charge in [-0.2, -0.15) is 0 Å². The van der Waals surface area contributed by atoms with Crippen molar-refractivity contribution >= 4 is 5.91 Å². The van der Waals surface area contributed by atoms with Crippen LogP contribution in [0.5, 0.6) is 5.75 Å².